The second-order valence-corrected chi connectivity index (χ2v) is 17.3. The van der Waals surface area contributed by atoms with Crippen LogP contribution in [0.25, 0.3) is 44.5 Å². The van der Waals surface area contributed by atoms with Gasteiger partial charge in [-0.15, -0.1) is 0 Å². The number of para-hydroxylation sites is 2. The first-order valence-corrected chi connectivity index (χ1v) is 23.5. The molecule has 2 heteroatoms. The Labute approximate surface area is 400 Å². The molecule has 0 saturated heterocycles. The van der Waals surface area contributed by atoms with Crippen LogP contribution in [0.3, 0.4) is 0 Å². The van der Waals surface area contributed by atoms with Crippen molar-refractivity contribution in [3.63, 3.8) is 0 Å². The normalized spacial score (nSPS) is 15.1. The molecule has 0 aromatic heterocycles. The number of benzene rings is 10. The summed E-state index contributed by atoms with van der Waals surface area (Å²) in [6.07, 6.45) is 9.61. The van der Waals surface area contributed by atoms with Gasteiger partial charge >= 0.3 is 0 Å². The topological polar surface area (TPSA) is 6.48 Å². The summed E-state index contributed by atoms with van der Waals surface area (Å²) in [5.74, 6) is 0.0791. The second-order valence-electron chi connectivity index (χ2n) is 17.3. The minimum absolute atomic E-state index is 0.0791. The third-order valence-electron chi connectivity index (χ3n) is 13.2. The van der Waals surface area contributed by atoms with E-state index in [1.165, 1.54) is 55.6 Å². The molecule has 0 heterocycles. The molecule has 1 aliphatic rings. The van der Waals surface area contributed by atoms with Crippen LogP contribution in [-0.4, -0.2) is 0 Å². The van der Waals surface area contributed by atoms with Gasteiger partial charge in [-0.05, 0) is 116 Å². The predicted octanol–water partition coefficient (Wildman–Crippen LogP) is 17.8. The Morgan fingerprint density at radius 2 is 0.588 bits per heavy atom. The third kappa shape index (κ3) is 8.48. The van der Waals surface area contributed by atoms with Crippen LogP contribution in [0.15, 0.2) is 297 Å². The molecule has 2 nitrogen and oxygen atoms in total. The van der Waals surface area contributed by atoms with Crippen molar-refractivity contribution in [1.29, 1.82) is 0 Å². The molecule has 324 valence electrons. The zero-order valence-electron chi connectivity index (χ0n) is 37.8. The Bertz CT molecular complexity index is 3260. The van der Waals surface area contributed by atoms with Crippen LogP contribution in [0.2, 0.25) is 0 Å². The smallest absolute Gasteiger partial charge is 0.107 e. The lowest BCUT2D eigenvalue weighted by molar-refractivity contribution is 0.661. The highest BCUT2D eigenvalue weighted by molar-refractivity contribution is 5.81. The molecule has 68 heavy (non-hydrogen) atoms. The number of allylic oxidation sites excluding steroid dienone is 2. The standard InChI is InChI=1S/C66H50N2/c1-6-18-50(19-7-1)53-34-40-60(41-35-53)67(59-24-12-4-13-25-59)61-42-36-55(37-43-61)52-30-32-56(33-31-52)64-28-16-17-29-65(64)57-46-48-66(49-47-57,58-22-10-3-11-23-58)68(62-26-14-5-15-27-62)63-44-38-54(39-45-63)51-20-8-2-9-21-51/h1-49,57H. The summed E-state index contributed by atoms with van der Waals surface area (Å²) >= 11 is 0. The van der Waals surface area contributed by atoms with Gasteiger partial charge in [-0.1, -0.05) is 237 Å². The number of rotatable bonds is 12. The zero-order valence-corrected chi connectivity index (χ0v) is 37.8. The summed E-state index contributed by atoms with van der Waals surface area (Å²) in [4.78, 5) is 4.79. The molecule has 0 atom stereocenters. The van der Waals surface area contributed by atoms with Crippen LogP contribution in [0.1, 0.15) is 17.0 Å². The van der Waals surface area contributed by atoms with Crippen molar-refractivity contribution in [2.24, 2.45) is 0 Å². The fraction of sp³-hybridized carbons (Fsp3) is 0.0303. The zero-order chi connectivity index (χ0) is 45.5. The molecule has 0 unspecified atom stereocenters. The summed E-state index contributed by atoms with van der Waals surface area (Å²) in [7, 11) is 0. The Morgan fingerprint density at radius 1 is 0.265 bits per heavy atom. The molecule has 0 radical (unpaired) electrons. The summed E-state index contributed by atoms with van der Waals surface area (Å²) in [6.45, 7) is 0. The van der Waals surface area contributed by atoms with Crippen LogP contribution in [-0.2, 0) is 5.54 Å². The summed E-state index contributed by atoms with van der Waals surface area (Å²) in [5.41, 5.74) is 17.1. The van der Waals surface area contributed by atoms with E-state index < -0.39 is 5.54 Å². The van der Waals surface area contributed by atoms with E-state index in [1.54, 1.807) is 0 Å². The van der Waals surface area contributed by atoms with Gasteiger partial charge in [0.15, 0.2) is 0 Å². The lowest BCUT2D eigenvalue weighted by Gasteiger charge is -2.44. The molecule has 0 spiro atoms. The van der Waals surface area contributed by atoms with Gasteiger partial charge in [0, 0.05) is 34.4 Å². The van der Waals surface area contributed by atoms with Crippen LogP contribution in [0.5, 0.6) is 0 Å². The van der Waals surface area contributed by atoms with E-state index in [0.717, 1.165) is 28.4 Å². The van der Waals surface area contributed by atoms with E-state index in [4.69, 9.17) is 0 Å². The maximum atomic E-state index is 2.47. The summed E-state index contributed by atoms with van der Waals surface area (Å²) in [5, 5.41) is 0. The molecule has 0 amide bonds. The second kappa shape index (κ2) is 19.0. The van der Waals surface area contributed by atoms with E-state index in [0.29, 0.717) is 0 Å². The van der Waals surface area contributed by atoms with Gasteiger partial charge in [-0.3, -0.25) is 0 Å². The van der Waals surface area contributed by atoms with Gasteiger partial charge < -0.3 is 9.80 Å². The first-order chi connectivity index (χ1) is 33.7. The average molecular weight is 871 g/mol. The van der Waals surface area contributed by atoms with E-state index >= 15 is 0 Å². The minimum atomic E-state index is -0.579. The predicted molar refractivity (Wildman–Crippen MR) is 287 cm³/mol. The van der Waals surface area contributed by atoms with Gasteiger partial charge in [-0.25, -0.2) is 0 Å². The molecule has 11 rings (SSSR count). The highest BCUT2D eigenvalue weighted by atomic mass is 15.2. The molecule has 0 bridgehead atoms. The van der Waals surface area contributed by atoms with Gasteiger partial charge in [0.05, 0.1) is 0 Å². The van der Waals surface area contributed by atoms with Crippen molar-refractivity contribution in [3.8, 4) is 44.5 Å². The van der Waals surface area contributed by atoms with Crippen molar-refractivity contribution >= 4 is 28.4 Å². The minimum Gasteiger partial charge on any atom is -0.324 e. The Morgan fingerprint density at radius 3 is 1.07 bits per heavy atom. The van der Waals surface area contributed by atoms with Gasteiger partial charge in [0.25, 0.3) is 0 Å². The van der Waals surface area contributed by atoms with Crippen molar-refractivity contribution in [2.45, 2.75) is 11.5 Å². The van der Waals surface area contributed by atoms with Gasteiger partial charge in [0.1, 0.15) is 5.54 Å². The Hall–Kier alpha value is -8.72. The lowest BCUT2D eigenvalue weighted by Crippen LogP contribution is -2.41. The number of hydrogen-bond donors (Lipinski definition) is 0. The van der Waals surface area contributed by atoms with E-state index in [2.05, 4.69) is 307 Å². The SMILES string of the molecule is C1=CC(c2ccccc2)(N(c2ccccc2)c2ccc(-c3ccccc3)cc2)C=CC1c1ccccc1-c1ccc(-c2ccc(N(c3ccccc3)c3ccc(-c4ccccc4)cc3)cc2)cc1. The van der Waals surface area contributed by atoms with Crippen LogP contribution < -0.4 is 9.80 Å². The molecule has 10 aromatic carbocycles. The van der Waals surface area contributed by atoms with Crippen molar-refractivity contribution in [2.75, 3.05) is 9.80 Å². The lowest BCUT2D eigenvalue weighted by atomic mass is 9.78. The Kier molecular flexibility index (Phi) is 11.7. The quantitative estimate of drug-likeness (QED) is 0.113. The van der Waals surface area contributed by atoms with Crippen molar-refractivity contribution < 1.29 is 0 Å². The summed E-state index contributed by atoms with van der Waals surface area (Å²) in [6, 6.07) is 98.0. The van der Waals surface area contributed by atoms with Gasteiger partial charge in [0.2, 0.25) is 0 Å². The molecule has 0 saturated carbocycles. The first kappa shape index (κ1) is 41.9. The van der Waals surface area contributed by atoms with E-state index in [-0.39, 0.29) is 5.92 Å². The van der Waals surface area contributed by atoms with E-state index in [1.807, 2.05) is 0 Å². The maximum absolute atomic E-state index is 2.47. The average Bonchev–Trinajstić information content (AvgIpc) is 3.43. The molecule has 10 aromatic rings. The third-order valence-corrected chi connectivity index (χ3v) is 13.2. The van der Waals surface area contributed by atoms with Crippen LogP contribution in [0, 0.1) is 0 Å². The fourth-order valence-electron chi connectivity index (χ4n) is 9.74. The summed E-state index contributed by atoms with van der Waals surface area (Å²) < 4.78 is 0. The largest absolute Gasteiger partial charge is 0.324 e. The Balaban J connectivity index is 0.879. The van der Waals surface area contributed by atoms with Crippen molar-refractivity contribution in [1.82, 2.24) is 0 Å². The maximum Gasteiger partial charge on any atom is 0.107 e. The number of hydrogen-bond acceptors (Lipinski definition) is 2. The molecular formula is C66H50N2. The highest BCUT2D eigenvalue weighted by Crippen LogP contribution is 2.46. The fourth-order valence-corrected chi connectivity index (χ4v) is 9.74. The first-order valence-electron chi connectivity index (χ1n) is 23.5. The van der Waals surface area contributed by atoms with Gasteiger partial charge in [-0.2, -0.15) is 0 Å². The number of nitrogens with zero attached hydrogens (tertiary/aromatic N) is 2. The van der Waals surface area contributed by atoms with Crippen LogP contribution >= 0.6 is 0 Å². The molecule has 0 fully saturated rings. The van der Waals surface area contributed by atoms with Crippen LogP contribution in [0.4, 0.5) is 28.4 Å². The van der Waals surface area contributed by atoms with E-state index in [9.17, 15) is 0 Å². The monoisotopic (exact) mass is 870 g/mol. The number of anilines is 5. The molecule has 1 aliphatic carbocycles. The molecular weight excluding hydrogens is 821 g/mol. The molecule has 0 aliphatic heterocycles. The molecule has 0 N–H and O–H groups in total. The highest BCUT2D eigenvalue weighted by Gasteiger charge is 2.37. The van der Waals surface area contributed by atoms with Crippen molar-refractivity contribution in [3.05, 3.63) is 308 Å².